The lowest BCUT2D eigenvalue weighted by atomic mass is 10.1. The van der Waals surface area contributed by atoms with E-state index in [0.717, 1.165) is 18.0 Å². The van der Waals surface area contributed by atoms with Gasteiger partial charge in [-0.05, 0) is 19.0 Å². The van der Waals surface area contributed by atoms with Crippen molar-refractivity contribution in [2.45, 2.75) is 34.1 Å². The summed E-state index contributed by atoms with van der Waals surface area (Å²) in [5.41, 5.74) is 5.21. The van der Waals surface area contributed by atoms with Gasteiger partial charge < -0.3 is 5.73 Å². The minimum Gasteiger partial charge on any atom is -0.351 e. The lowest BCUT2D eigenvalue weighted by Gasteiger charge is -2.26. The Morgan fingerprint density at radius 3 is 2.00 bits per heavy atom. The van der Waals surface area contributed by atoms with Gasteiger partial charge in [0.05, 0.1) is 6.67 Å². The van der Waals surface area contributed by atoms with Crippen LogP contribution in [0.5, 0.6) is 0 Å². The van der Waals surface area contributed by atoms with E-state index >= 15 is 0 Å². The monoisotopic (exact) mass is 229 g/mol. The maximum absolute atomic E-state index is 11.8. The van der Waals surface area contributed by atoms with E-state index in [4.69, 9.17) is 5.73 Å². The van der Waals surface area contributed by atoms with Crippen molar-refractivity contribution in [3.05, 3.63) is 0 Å². The van der Waals surface area contributed by atoms with Gasteiger partial charge >= 0.3 is 6.03 Å². The second-order valence-corrected chi connectivity index (χ2v) is 4.20. The molecule has 2 N–H and O–H groups in total. The second kappa shape index (κ2) is 7.22. The minimum absolute atomic E-state index is 0.200. The van der Waals surface area contributed by atoms with Crippen LogP contribution in [-0.4, -0.2) is 41.5 Å². The van der Waals surface area contributed by atoms with Crippen LogP contribution in [0.3, 0.4) is 0 Å². The first kappa shape index (κ1) is 14.9. The summed E-state index contributed by atoms with van der Waals surface area (Å²) in [6.07, 6.45) is 0.351. The van der Waals surface area contributed by atoms with Crippen molar-refractivity contribution in [3.8, 4) is 0 Å². The third-order valence-electron chi connectivity index (χ3n) is 2.39. The molecule has 0 spiro atoms. The highest BCUT2D eigenvalue weighted by atomic mass is 16.2. The van der Waals surface area contributed by atoms with Crippen molar-refractivity contribution in [1.29, 1.82) is 0 Å². The molecule has 0 heterocycles. The molecule has 0 aromatic heterocycles. The van der Waals surface area contributed by atoms with Gasteiger partial charge in [0.2, 0.25) is 5.91 Å². The summed E-state index contributed by atoms with van der Waals surface area (Å²) in [6, 6.07) is -0.669. The number of urea groups is 1. The first-order valence-electron chi connectivity index (χ1n) is 5.74. The highest BCUT2D eigenvalue weighted by molar-refractivity contribution is 5.93. The SMILES string of the molecule is CCN(CC)CN(C(N)=O)C(=O)CC(C)C. The third-order valence-corrected chi connectivity index (χ3v) is 2.39. The molecule has 0 saturated heterocycles. The van der Waals surface area contributed by atoms with Crippen molar-refractivity contribution in [2.75, 3.05) is 19.8 Å². The molecule has 0 aliphatic heterocycles. The van der Waals surface area contributed by atoms with E-state index in [-0.39, 0.29) is 18.5 Å². The van der Waals surface area contributed by atoms with Crippen molar-refractivity contribution < 1.29 is 9.59 Å². The van der Waals surface area contributed by atoms with Gasteiger partial charge in [-0.2, -0.15) is 0 Å². The fraction of sp³-hybridized carbons (Fsp3) is 0.818. The molecule has 0 aromatic rings. The van der Waals surface area contributed by atoms with Crippen LogP contribution in [0.1, 0.15) is 34.1 Å². The number of carbonyl (C=O) groups excluding carboxylic acids is 2. The van der Waals surface area contributed by atoms with Gasteiger partial charge in [0.15, 0.2) is 0 Å². The summed E-state index contributed by atoms with van der Waals surface area (Å²) < 4.78 is 0. The molecule has 5 nitrogen and oxygen atoms in total. The number of rotatable bonds is 6. The lowest BCUT2D eigenvalue weighted by Crippen LogP contribution is -2.47. The molecule has 0 bridgehead atoms. The molecular formula is C11H23N3O2. The van der Waals surface area contributed by atoms with Crippen molar-refractivity contribution >= 4 is 11.9 Å². The van der Waals surface area contributed by atoms with Gasteiger partial charge in [-0.3, -0.25) is 14.6 Å². The van der Waals surface area contributed by atoms with Gasteiger partial charge in [0.1, 0.15) is 0 Å². The summed E-state index contributed by atoms with van der Waals surface area (Å²) in [4.78, 5) is 26.0. The van der Waals surface area contributed by atoms with Crippen molar-refractivity contribution in [2.24, 2.45) is 11.7 Å². The van der Waals surface area contributed by atoms with E-state index in [1.54, 1.807) is 0 Å². The Bertz CT molecular complexity index is 237. The fourth-order valence-electron chi connectivity index (χ4n) is 1.35. The number of carbonyl (C=O) groups is 2. The van der Waals surface area contributed by atoms with Crippen LogP contribution in [0.15, 0.2) is 0 Å². The van der Waals surface area contributed by atoms with E-state index in [2.05, 4.69) is 0 Å². The molecule has 0 aliphatic rings. The van der Waals surface area contributed by atoms with E-state index in [1.807, 2.05) is 32.6 Å². The van der Waals surface area contributed by atoms with Gasteiger partial charge in [-0.15, -0.1) is 0 Å². The summed E-state index contributed by atoms with van der Waals surface area (Å²) in [5, 5.41) is 0. The molecule has 0 aliphatic carbocycles. The molecule has 0 radical (unpaired) electrons. The van der Waals surface area contributed by atoms with Gasteiger partial charge in [0, 0.05) is 6.42 Å². The zero-order chi connectivity index (χ0) is 12.7. The molecule has 0 fully saturated rings. The molecule has 94 valence electrons. The molecule has 0 saturated carbocycles. The maximum atomic E-state index is 11.8. The quantitative estimate of drug-likeness (QED) is 0.697. The van der Waals surface area contributed by atoms with Gasteiger partial charge in [-0.1, -0.05) is 27.7 Å². The zero-order valence-electron chi connectivity index (χ0n) is 10.7. The summed E-state index contributed by atoms with van der Waals surface area (Å²) in [5.74, 6) is 0.0282. The summed E-state index contributed by atoms with van der Waals surface area (Å²) >= 11 is 0. The molecule has 0 aromatic carbocycles. The van der Waals surface area contributed by atoms with Crippen LogP contribution in [-0.2, 0) is 4.79 Å². The Morgan fingerprint density at radius 1 is 1.19 bits per heavy atom. The number of nitrogens with two attached hydrogens (primary N) is 1. The average molecular weight is 229 g/mol. The minimum atomic E-state index is -0.669. The number of hydrogen-bond donors (Lipinski definition) is 1. The molecule has 16 heavy (non-hydrogen) atoms. The van der Waals surface area contributed by atoms with Gasteiger partial charge in [0.25, 0.3) is 0 Å². The van der Waals surface area contributed by atoms with Crippen LogP contribution in [0.25, 0.3) is 0 Å². The molecule has 0 unspecified atom stereocenters. The van der Waals surface area contributed by atoms with Gasteiger partial charge in [-0.25, -0.2) is 4.79 Å². The van der Waals surface area contributed by atoms with E-state index in [0.29, 0.717) is 6.42 Å². The largest absolute Gasteiger partial charge is 0.351 e. The van der Waals surface area contributed by atoms with Crippen molar-refractivity contribution in [1.82, 2.24) is 9.80 Å². The standard InChI is InChI=1S/C11H23N3O2/c1-5-13(6-2)8-14(11(12)16)10(15)7-9(3)4/h9H,5-8H2,1-4H3,(H2,12,16). The Morgan fingerprint density at radius 2 is 1.69 bits per heavy atom. The normalized spacial score (nSPS) is 10.9. The summed E-state index contributed by atoms with van der Waals surface area (Å²) in [6.45, 7) is 9.70. The Kier molecular flexibility index (Phi) is 6.72. The first-order valence-corrected chi connectivity index (χ1v) is 5.74. The molecule has 3 amide bonds. The Hall–Kier alpha value is -1.10. The smallest absolute Gasteiger partial charge is 0.322 e. The fourth-order valence-corrected chi connectivity index (χ4v) is 1.35. The molecule has 0 rings (SSSR count). The number of primary amides is 1. The van der Waals surface area contributed by atoms with Crippen molar-refractivity contribution in [3.63, 3.8) is 0 Å². The van der Waals surface area contributed by atoms with Crippen LogP contribution >= 0.6 is 0 Å². The molecule has 5 heteroatoms. The highest BCUT2D eigenvalue weighted by Gasteiger charge is 2.21. The number of nitrogens with zero attached hydrogens (tertiary/aromatic N) is 2. The van der Waals surface area contributed by atoms with Crippen LogP contribution < -0.4 is 5.73 Å². The van der Waals surface area contributed by atoms with E-state index in [1.165, 1.54) is 0 Å². The molecule has 0 atom stereocenters. The molecular weight excluding hydrogens is 206 g/mol. The maximum Gasteiger partial charge on any atom is 0.322 e. The number of hydrogen-bond acceptors (Lipinski definition) is 3. The Labute approximate surface area is 97.6 Å². The van der Waals surface area contributed by atoms with Crippen LogP contribution in [0.2, 0.25) is 0 Å². The predicted octanol–water partition coefficient (Wildman–Crippen LogP) is 1.24. The van der Waals surface area contributed by atoms with Crippen LogP contribution in [0.4, 0.5) is 4.79 Å². The second-order valence-electron chi connectivity index (χ2n) is 4.20. The van der Waals surface area contributed by atoms with E-state index in [9.17, 15) is 9.59 Å². The lowest BCUT2D eigenvalue weighted by molar-refractivity contribution is -0.130. The zero-order valence-corrected chi connectivity index (χ0v) is 10.7. The average Bonchev–Trinajstić information content (AvgIpc) is 2.17. The number of imide groups is 1. The predicted molar refractivity (Wildman–Crippen MR) is 63.7 cm³/mol. The van der Waals surface area contributed by atoms with E-state index < -0.39 is 6.03 Å². The first-order chi connectivity index (χ1) is 7.42. The third kappa shape index (κ3) is 5.11. The topological polar surface area (TPSA) is 66.6 Å². The summed E-state index contributed by atoms with van der Waals surface area (Å²) in [7, 11) is 0. The van der Waals surface area contributed by atoms with Crippen LogP contribution in [0, 0.1) is 5.92 Å². The highest BCUT2D eigenvalue weighted by Crippen LogP contribution is 2.05. The Balaban J connectivity index is 4.49. The number of amides is 3.